The number of ether oxygens (including phenoxy) is 1. The van der Waals surface area contributed by atoms with Crippen molar-refractivity contribution in [2.75, 3.05) is 12.4 Å². The van der Waals surface area contributed by atoms with E-state index in [1.54, 1.807) is 0 Å². The van der Waals surface area contributed by atoms with E-state index in [4.69, 9.17) is 27.0 Å². The minimum absolute atomic E-state index is 0.0831. The van der Waals surface area contributed by atoms with Gasteiger partial charge in [-0.25, -0.2) is 8.42 Å². The van der Waals surface area contributed by atoms with Crippen molar-refractivity contribution in [2.45, 2.75) is 20.3 Å². The maximum absolute atomic E-state index is 10.7. The molecule has 0 atom stereocenters. The molecule has 0 saturated heterocycles. The van der Waals surface area contributed by atoms with Gasteiger partial charge in [-0.2, -0.15) is 0 Å². The summed E-state index contributed by atoms with van der Waals surface area (Å²) in [7, 11) is 1.66. The third-order valence-corrected chi connectivity index (χ3v) is 3.66. The molecule has 17 heavy (non-hydrogen) atoms. The van der Waals surface area contributed by atoms with Crippen LogP contribution in [0.2, 0.25) is 5.02 Å². The Morgan fingerprint density at radius 1 is 1.24 bits per heavy atom. The SMILES string of the molecule is Cc1cc(Cl)cc(C)c1OCCCS(=O)(=O)Cl. The quantitative estimate of drug-likeness (QED) is 0.618. The van der Waals surface area contributed by atoms with E-state index in [0.29, 0.717) is 18.1 Å². The Morgan fingerprint density at radius 2 is 1.76 bits per heavy atom. The molecule has 0 N–H and O–H groups in total. The van der Waals surface area contributed by atoms with Crippen LogP contribution in [0.3, 0.4) is 0 Å². The van der Waals surface area contributed by atoms with E-state index in [1.165, 1.54) is 0 Å². The maximum atomic E-state index is 10.7. The molecule has 3 nitrogen and oxygen atoms in total. The summed E-state index contributed by atoms with van der Waals surface area (Å²) >= 11 is 5.89. The number of rotatable bonds is 5. The van der Waals surface area contributed by atoms with Gasteiger partial charge < -0.3 is 4.74 Å². The predicted molar refractivity (Wildman–Crippen MR) is 70.7 cm³/mol. The Bertz CT molecular complexity index is 474. The Balaban J connectivity index is 2.58. The predicted octanol–water partition coefficient (Wildman–Crippen LogP) is 3.29. The third kappa shape index (κ3) is 5.15. The first kappa shape index (κ1) is 14.6. The van der Waals surface area contributed by atoms with Crippen molar-refractivity contribution in [2.24, 2.45) is 0 Å². The third-order valence-electron chi connectivity index (χ3n) is 2.20. The van der Waals surface area contributed by atoms with E-state index in [0.717, 1.165) is 16.9 Å². The van der Waals surface area contributed by atoms with Crippen LogP contribution in [-0.4, -0.2) is 20.8 Å². The molecule has 0 bridgehead atoms. The van der Waals surface area contributed by atoms with Crippen LogP contribution in [-0.2, 0) is 9.05 Å². The average Bonchev–Trinajstić information content (AvgIpc) is 2.13. The molecule has 1 aromatic carbocycles. The molecule has 0 spiro atoms. The van der Waals surface area contributed by atoms with E-state index in [-0.39, 0.29) is 5.75 Å². The molecular weight excluding hydrogens is 283 g/mol. The van der Waals surface area contributed by atoms with Gasteiger partial charge in [-0.3, -0.25) is 0 Å². The van der Waals surface area contributed by atoms with Crippen LogP contribution in [0.15, 0.2) is 12.1 Å². The summed E-state index contributed by atoms with van der Waals surface area (Å²) in [5, 5.41) is 0.663. The van der Waals surface area contributed by atoms with Crippen LogP contribution < -0.4 is 4.74 Å². The number of benzene rings is 1. The molecule has 0 aliphatic carbocycles. The molecule has 0 aromatic heterocycles. The Labute approximate surface area is 111 Å². The molecule has 1 aromatic rings. The monoisotopic (exact) mass is 296 g/mol. The first-order valence-corrected chi connectivity index (χ1v) is 7.97. The lowest BCUT2D eigenvalue weighted by Crippen LogP contribution is -2.06. The van der Waals surface area contributed by atoms with Crippen LogP contribution >= 0.6 is 22.3 Å². The highest BCUT2D eigenvalue weighted by Crippen LogP contribution is 2.27. The van der Waals surface area contributed by atoms with Crippen molar-refractivity contribution < 1.29 is 13.2 Å². The highest BCUT2D eigenvalue weighted by atomic mass is 35.7. The Morgan fingerprint density at radius 3 is 2.24 bits per heavy atom. The first-order valence-electron chi connectivity index (χ1n) is 5.11. The molecule has 0 amide bonds. The maximum Gasteiger partial charge on any atom is 0.232 e. The lowest BCUT2D eigenvalue weighted by molar-refractivity contribution is 0.313. The fourth-order valence-electron chi connectivity index (χ4n) is 1.53. The summed E-state index contributed by atoms with van der Waals surface area (Å²) in [6.07, 6.45) is 0.368. The van der Waals surface area contributed by atoms with Crippen LogP contribution in [0.25, 0.3) is 0 Å². The summed E-state index contributed by atoms with van der Waals surface area (Å²) in [6, 6.07) is 3.62. The normalized spacial score (nSPS) is 11.5. The number of hydrogen-bond acceptors (Lipinski definition) is 3. The van der Waals surface area contributed by atoms with Gasteiger partial charge in [-0.1, -0.05) is 11.6 Å². The van der Waals surface area contributed by atoms with Crippen molar-refractivity contribution >= 4 is 31.3 Å². The smallest absolute Gasteiger partial charge is 0.232 e. The minimum Gasteiger partial charge on any atom is -0.493 e. The molecule has 0 heterocycles. The van der Waals surface area contributed by atoms with Crippen LogP contribution in [0.1, 0.15) is 17.5 Å². The molecule has 1 rings (SSSR count). The van der Waals surface area contributed by atoms with Crippen molar-refractivity contribution in [3.05, 3.63) is 28.3 Å². The molecule has 96 valence electrons. The summed E-state index contributed by atoms with van der Waals surface area (Å²) in [5.74, 6) is 0.668. The zero-order valence-corrected chi connectivity index (χ0v) is 12.0. The minimum atomic E-state index is -3.43. The van der Waals surface area contributed by atoms with Gasteiger partial charge in [-0.05, 0) is 43.5 Å². The molecule has 0 aliphatic rings. The van der Waals surface area contributed by atoms with E-state index in [1.807, 2.05) is 26.0 Å². The zero-order valence-electron chi connectivity index (χ0n) is 9.66. The fraction of sp³-hybridized carbons (Fsp3) is 0.455. The molecule has 0 radical (unpaired) electrons. The molecule has 0 aliphatic heterocycles. The van der Waals surface area contributed by atoms with Gasteiger partial charge in [0, 0.05) is 15.7 Å². The zero-order chi connectivity index (χ0) is 13.1. The largest absolute Gasteiger partial charge is 0.493 e. The van der Waals surface area contributed by atoms with E-state index in [9.17, 15) is 8.42 Å². The number of aryl methyl sites for hydroxylation is 2. The van der Waals surface area contributed by atoms with Gasteiger partial charge in [0.25, 0.3) is 0 Å². The van der Waals surface area contributed by atoms with Crippen molar-refractivity contribution in [1.29, 1.82) is 0 Å². The Hall–Kier alpha value is -0.450. The van der Waals surface area contributed by atoms with Gasteiger partial charge in [0.15, 0.2) is 0 Å². The van der Waals surface area contributed by atoms with E-state index in [2.05, 4.69) is 0 Å². The molecule has 0 saturated carbocycles. The standard InChI is InChI=1S/C11H14Cl2O3S/c1-8-6-10(12)7-9(2)11(8)16-4-3-5-17(13,14)15/h6-7H,3-5H2,1-2H3. The molecule has 6 heteroatoms. The van der Waals surface area contributed by atoms with Crippen molar-refractivity contribution in [1.82, 2.24) is 0 Å². The van der Waals surface area contributed by atoms with Gasteiger partial charge in [0.2, 0.25) is 9.05 Å². The molecule has 0 unspecified atom stereocenters. The highest BCUT2D eigenvalue weighted by molar-refractivity contribution is 8.13. The van der Waals surface area contributed by atoms with Gasteiger partial charge in [0.1, 0.15) is 5.75 Å². The summed E-state index contributed by atoms with van der Waals surface area (Å²) in [4.78, 5) is 0. The van der Waals surface area contributed by atoms with Crippen LogP contribution in [0.4, 0.5) is 0 Å². The van der Waals surface area contributed by atoms with Gasteiger partial charge in [-0.15, -0.1) is 0 Å². The summed E-state index contributed by atoms with van der Waals surface area (Å²) in [5.41, 5.74) is 1.87. The van der Waals surface area contributed by atoms with Gasteiger partial charge in [0.05, 0.1) is 12.4 Å². The van der Waals surface area contributed by atoms with Crippen molar-refractivity contribution in [3.8, 4) is 5.75 Å². The van der Waals surface area contributed by atoms with Crippen LogP contribution in [0.5, 0.6) is 5.75 Å². The molecule has 0 fully saturated rings. The number of halogens is 2. The second-order valence-corrected chi connectivity index (χ2v) is 7.15. The first-order chi connectivity index (χ1) is 7.79. The second kappa shape index (κ2) is 5.94. The Kier molecular flexibility index (Phi) is 5.10. The van der Waals surface area contributed by atoms with Gasteiger partial charge >= 0.3 is 0 Å². The topological polar surface area (TPSA) is 43.4 Å². The second-order valence-electron chi connectivity index (χ2n) is 3.81. The average molecular weight is 297 g/mol. The highest BCUT2D eigenvalue weighted by Gasteiger charge is 2.08. The van der Waals surface area contributed by atoms with Crippen molar-refractivity contribution in [3.63, 3.8) is 0 Å². The lowest BCUT2D eigenvalue weighted by atomic mass is 10.1. The fourth-order valence-corrected chi connectivity index (χ4v) is 2.65. The number of hydrogen-bond donors (Lipinski definition) is 0. The lowest BCUT2D eigenvalue weighted by Gasteiger charge is -2.12. The van der Waals surface area contributed by atoms with E-state index < -0.39 is 9.05 Å². The van der Waals surface area contributed by atoms with E-state index >= 15 is 0 Å². The van der Waals surface area contributed by atoms with Crippen LogP contribution in [0, 0.1) is 13.8 Å². The summed E-state index contributed by atoms with van der Waals surface area (Å²) in [6.45, 7) is 4.11. The molecular formula is C11H14Cl2O3S. The summed E-state index contributed by atoms with van der Waals surface area (Å²) < 4.78 is 27.0.